The molecule has 0 radical (unpaired) electrons. The van der Waals surface area contributed by atoms with Crippen LogP contribution in [0.5, 0.6) is 0 Å². The topological polar surface area (TPSA) is 91.0 Å². The van der Waals surface area contributed by atoms with Crippen LogP contribution < -0.4 is 15.8 Å². The fourth-order valence-corrected chi connectivity index (χ4v) is 4.17. The lowest BCUT2D eigenvalue weighted by atomic mass is 10.2. The fourth-order valence-electron chi connectivity index (χ4n) is 4.17. The van der Waals surface area contributed by atoms with Gasteiger partial charge in [-0.3, -0.25) is 9.59 Å². The van der Waals surface area contributed by atoms with E-state index < -0.39 is 11.4 Å². The molecule has 0 saturated carbocycles. The van der Waals surface area contributed by atoms with E-state index in [-0.39, 0.29) is 28.9 Å². The summed E-state index contributed by atoms with van der Waals surface area (Å²) in [6.45, 7) is 1.12. The molecule has 3 heterocycles. The minimum Gasteiger partial charge on any atom is -0.350 e. The van der Waals surface area contributed by atoms with Crippen molar-refractivity contribution in [2.45, 2.75) is 25.4 Å². The molecule has 0 bridgehead atoms. The lowest BCUT2D eigenvalue weighted by Gasteiger charge is -2.25. The van der Waals surface area contributed by atoms with Gasteiger partial charge in [-0.2, -0.15) is 0 Å². The number of pyridine rings is 1. The number of halogens is 1. The molecule has 33 heavy (non-hydrogen) atoms. The number of hydrogen-bond donors (Lipinski definition) is 2. The molecule has 2 N–H and O–H groups in total. The Bertz CT molecular complexity index is 1370. The molecule has 1 aliphatic rings. The quantitative estimate of drug-likeness (QED) is 0.493. The maximum atomic E-state index is 14.1. The predicted octanol–water partition coefficient (Wildman–Crippen LogP) is 3.41. The molecule has 0 spiro atoms. The van der Waals surface area contributed by atoms with Crippen molar-refractivity contribution in [3.05, 3.63) is 88.5 Å². The Morgan fingerprint density at radius 2 is 1.85 bits per heavy atom. The van der Waals surface area contributed by atoms with Gasteiger partial charge in [-0.15, -0.1) is 0 Å². The average Bonchev–Trinajstić information content (AvgIpc) is 3.33. The van der Waals surface area contributed by atoms with Crippen molar-refractivity contribution in [3.63, 3.8) is 0 Å². The van der Waals surface area contributed by atoms with Gasteiger partial charge in [-0.1, -0.05) is 42.5 Å². The molecule has 8 heteroatoms. The minimum absolute atomic E-state index is 0.0693. The lowest BCUT2D eigenvalue weighted by molar-refractivity contribution is -0.122. The Balaban J connectivity index is 1.40. The summed E-state index contributed by atoms with van der Waals surface area (Å²) in [5, 5.41) is 3.00. The van der Waals surface area contributed by atoms with Crippen LogP contribution in [0.15, 0.2) is 71.5 Å². The summed E-state index contributed by atoms with van der Waals surface area (Å²) in [6, 6.07) is 19.0. The number of carbonyl (C=O) groups excluding carboxylic acids is 1. The van der Waals surface area contributed by atoms with Crippen LogP contribution in [-0.4, -0.2) is 33.4 Å². The number of H-pyrrole nitrogens is 1. The van der Waals surface area contributed by atoms with Crippen LogP contribution in [0.25, 0.3) is 22.4 Å². The lowest BCUT2D eigenvalue weighted by Crippen LogP contribution is -2.43. The molecule has 2 aromatic carbocycles. The Hall–Kier alpha value is -4.07. The van der Waals surface area contributed by atoms with Gasteiger partial charge in [0.2, 0.25) is 5.91 Å². The first-order valence-corrected chi connectivity index (χ1v) is 10.8. The van der Waals surface area contributed by atoms with E-state index in [4.69, 9.17) is 0 Å². The highest BCUT2D eigenvalue weighted by Crippen LogP contribution is 2.26. The number of benzene rings is 2. The average molecular weight is 443 g/mol. The number of amides is 1. The number of nitrogens with zero attached hydrogens (tertiary/aromatic N) is 3. The van der Waals surface area contributed by atoms with Gasteiger partial charge < -0.3 is 15.2 Å². The standard InChI is InChI=1S/C25H22FN5O2/c26-18-10-5-4-9-17(18)23-28-19-12-13-21(29-22(19)25(33)30-23)31-14-6-11-20(31)24(32)27-15-16-7-2-1-3-8-16/h1-5,7-10,12-13,20H,6,11,14-15H2,(H,27,32)(H,28,30,33). The van der Waals surface area contributed by atoms with Crippen molar-refractivity contribution in [1.29, 1.82) is 0 Å². The van der Waals surface area contributed by atoms with Crippen LogP contribution >= 0.6 is 0 Å². The summed E-state index contributed by atoms with van der Waals surface area (Å²) in [5.74, 6) is 0.163. The van der Waals surface area contributed by atoms with E-state index in [1.807, 2.05) is 35.2 Å². The van der Waals surface area contributed by atoms with E-state index in [2.05, 4.69) is 20.3 Å². The molecule has 4 aromatic rings. The van der Waals surface area contributed by atoms with Gasteiger partial charge in [-0.05, 0) is 42.7 Å². The summed E-state index contributed by atoms with van der Waals surface area (Å²) >= 11 is 0. The highest BCUT2D eigenvalue weighted by molar-refractivity contribution is 5.86. The number of anilines is 1. The number of rotatable bonds is 5. The Morgan fingerprint density at radius 3 is 2.67 bits per heavy atom. The molecule has 1 unspecified atom stereocenters. The third-order valence-corrected chi connectivity index (χ3v) is 5.83. The first kappa shape index (κ1) is 20.8. The number of aromatic nitrogens is 3. The molecule has 1 amide bonds. The van der Waals surface area contributed by atoms with E-state index in [0.29, 0.717) is 30.8 Å². The van der Waals surface area contributed by atoms with Crippen molar-refractivity contribution < 1.29 is 9.18 Å². The number of fused-ring (bicyclic) bond motifs is 1. The molecule has 0 aliphatic carbocycles. The van der Waals surface area contributed by atoms with Crippen molar-refractivity contribution in [2.24, 2.45) is 0 Å². The number of nitrogens with one attached hydrogen (secondary N) is 2. The fraction of sp³-hybridized carbons (Fsp3) is 0.200. The number of carbonyl (C=O) groups is 1. The van der Waals surface area contributed by atoms with Crippen LogP contribution in [0.3, 0.4) is 0 Å². The van der Waals surface area contributed by atoms with E-state index >= 15 is 0 Å². The number of hydrogen-bond acceptors (Lipinski definition) is 5. The second-order valence-corrected chi connectivity index (χ2v) is 7.99. The molecule has 5 rings (SSSR count). The Labute approximate surface area is 189 Å². The molecule has 1 saturated heterocycles. The smallest absolute Gasteiger partial charge is 0.277 e. The van der Waals surface area contributed by atoms with Crippen LogP contribution in [0.1, 0.15) is 18.4 Å². The van der Waals surface area contributed by atoms with E-state index in [9.17, 15) is 14.0 Å². The second-order valence-electron chi connectivity index (χ2n) is 7.99. The summed E-state index contributed by atoms with van der Waals surface area (Å²) in [5.41, 5.74) is 1.31. The predicted molar refractivity (Wildman–Crippen MR) is 124 cm³/mol. The van der Waals surface area contributed by atoms with Gasteiger partial charge >= 0.3 is 0 Å². The zero-order chi connectivity index (χ0) is 22.8. The van der Waals surface area contributed by atoms with Crippen molar-refractivity contribution >= 4 is 22.8 Å². The van der Waals surface area contributed by atoms with Gasteiger partial charge in [0, 0.05) is 13.1 Å². The molecule has 2 aromatic heterocycles. The molecule has 166 valence electrons. The maximum absolute atomic E-state index is 14.1. The zero-order valence-electron chi connectivity index (χ0n) is 17.8. The second kappa shape index (κ2) is 8.82. The molecule has 1 aliphatic heterocycles. The SMILES string of the molecule is O=C(NCc1ccccc1)C1CCCN1c1ccc2nc(-c3ccccc3F)[nH]c(=O)c2n1. The number of aromatic amines is 1. The summed E-state index contributed by atoms with van der Waals surface area (Å²) in [6.07, 6.45) is 1.56. The van der Waals surface area contributed by atoms with E-state index in [1.54, 1.807) is 30.3 Å². The first-order chi connectivity index (χ1) is 16.1. The minimum atomic E-state index is -0.467. The van der Waals surface area contributed by atoms with Gasteiger partial charge in [0.25, 0.3) is 5.56 Å². The maximum Gasteiger partial charge on any atom is 0.277 e. The van der Waals surface area contributed by atoms with Crippen LogP contribution in [0.4, 0.5) is 10.2 Å². The summed E-state index contributed by atoms with van der Waals surface area (Å²) in [7, 11) is 0. The van der Waals surface area contributed by atoms with E-state index in [0.717, 1.165) is 12.0 Å². The molecule has 1 fully saturated rings. The van der Waals surface area contributed by atoms with Crippen LogP contribution in [-0.2, 0) is 11.3 Å². The van der Waals surface area contributed by atoms with Gasteiger partial charge in [0.05, 0.1) is 11.1 Å². The zero-order valence-corrected chi connectivity index (χ0v) is 17.8. The van der Waals surface area contributed by atoms with Crippen LogP contribution in [0, 0.1) is 5.82 Å². The molecular formula is C25H22FN5O2. The molecule has 1 atom stereocenters. The summed E-state index contributed by atoms with van der Waals surface area (Å²) in [4.78, 5) is 39.1. The molecule has 7 nitrogen and oxygen atoms in total. The monoisotopic (exact) mass is 443 g/mol. The normalized spacial score (nSPS) is 15.7. The largest absolute Gasteiger partial charge is 0.350 e. The third kappa shape index (κ3) is 4.19. The highest BCUT2D eigenvalue weighted by Gasteiger charge is 2.31. The Morgan fingerprint density at radius 1 is 1.06 bits per heavy atom. The van der Waals surface area contributed by atoms with Crippen molar-refractivity contribution in [2.75, 3.05) is 11.4 Å². The highest BCUT2D eigenvalue weighted by atomic mass is 19.1. The first-order valence-electron chi connectivity index (χ1n) is 10.8. The van der Waals surface area contributed by atoms with Gasteiger partial charge in [-0.25, -0.2) is 14.4 Å². The third-order valence-electron chi connectivity index (χ3n) is 5.83. The molecular weight excluding hydrogens is 421 g/mol. The van der Waals surface area contributed by atoms with Crippen LogP contribution in [0.2, 0.25) is 0 Å². The van der Waals surface area contributed by atoms with Crippen molar-refractivity contribution in [3.8, 4) is 11.4 Å². The van der Waals surface area contributed by atoms with Gasteiger partial charge in [0.1, 0.15) is 23.5 Å². The van der Waals surface area contributed by atoms with E-state index in [1.165, 1.54) is 6.07 Å². The Kier molecular flexibility index (Phi) is 5.56. The van der Waals surface area contributed by atoms with Crippen molar-refractivity contribution in [1.82, 2.24) is 20.3 Å². The van der Waals surface area contributed by atoms with Gasteiger partial charge in [0.15, 0.2) is 5.52 Å². The summed E-state index contributed by atoms with van der Waals surface area (Å²) < 4.78 is 14.1.